The second-order valence-electron chi connectivity index (χ2n) is 6.09. The fourth-order valence-corrected chi connectivity index (χ4v) is 2.77. The van der Waals surface area contributed by atoms with Crippen LogP contribution in [-0.4, -0.2) is 10.5 Å². The maximum Gasteiger partial charge on any atom is 0.255 e. The number of carbonyl (C=O) groups is 1. The second-order valence-corrected chi connectivity index (χ2v) is 6.09. The van der Waals surface area contributed by atoms with Gasteiger partial charge < -0.3 is 9.88 Å². The lowest BCUT2D eigenvalue weighted by atomic mass is 10.1. The summed E-state index contributed by atoms with van der Waals surface area (Å²) in [6, 6.07) is 16.3. The van der Waals surface area contributed by atoms with Crippen molar-refractivity contribution in [3.63, 3.8) is 0 Å². The predicted octanol–water partition coefficient (Wildman–Crippen LogP) is 5.04. The average molecular weight is 306 g/mol. The summed E-state index contributed by atoms with van der Waals surface area (Å²) in [5.74, 6) is -0.0762. The molecule has 0 aliphatic rings. The highest BCUT2D eigenvalue weighted by Crippen LogP contribution is 2.22. The molecule has 0 saturated heterocycles. The molecule has 3 rings (SSSR count). The van der Waals surface area contributed by atoms with Crippen LogP contribution in [0.1, 0.15) is 42.7 Å². The molecular formula is C20H22N2O. The Morgan fingerprint density at radius 3 is 2.48 bits per heavy atom. The zero-order valence-electron chi connectivity index (χ0n) is 13.8. The van der Waals surface area contributed by atoms with Gasteiger partial charge in [0.1, 0.15) is 0 Å². The van der Waals surface area contributed by atoms with E-state index in [2.05, 4.69) is 42.9 Å². The Balaban J connectivity index is 1.86. The molecular weight excluding hydrogens is 284 g/mol. The number of nitrogens with one attached hydrogen (secondary N) is 1. The topological polar surface area (TPSA) is 34.0 Å². The highest BCUT2D eigenvalue weighted by molar-refractivity contribution is 6.06. The van der Waals surface area contributed by atoms with E-state index in [-0.39, 0.29) is 5.91 Å². The molecule has 3 heteroatoms. The first kappa shape index (κ1) is 15.3. The lowest BCUT2D eigenvalue weighted by Crippen LogP contribution is -2.12. The van der Waals surface area contributed by atoms with E-state index in [4.69, 9.17) is 0 Å². The van der Waals surface area contributed by atoms with Gasteiger partial charge in [0.2, 0.25) is 0 Å². The van der Waals surface area contributed by atoms with Crippen LogP contribution >= 0.6 is 0 Å². The van der Waals surface area contributed by atoms with Crippen molar-refractivity contribution in [3.05, 3.63) is 65.9 Å². The molecule has 23 heavy (non-hydrogen) atoms. The smallest absolute Gasteiger partial charge is 0.255 e. The Morgan fingerprint density at radius 2 is 1.83 bits per heavy atom. The summed E-state index contributed by atoms with van der Waals surface area (Å²) in [7, 11) is 0. The maximum absolute atomic E-state index is 12.5. The fraction of sp³-hybridized carbons (Fsp3) is 0.250. The largest absolute Gasteiger partial charge is 0.345 e. The van der Waals surface area contributed by atoms with Crippen LogP contribution in [0.3, 0.4) is 0 Å². The summed E-state index contributed by atoms with van der Waals surface area (Å²) in [6.07, 6.45) is 3.07. The molecule has 1 amide bonds. The summed E-state index contributed by atoms with van der Waals surface area (Å²) in [5, 5.41) is 4.12. The van der Waals surface area contributed by atoms with E-state index in [1.807, 2.05) is 42.5 Å². The predicted molar refractivity (Wildman–Crippen MR) is 96.1 cm³/mol. The van der Waals surface area contributed by atoms with Gasteiger partial charge in [0.25, 0.3) is 5.91 Å². The Labute approximate surface area is 136 Å². The lowest BCUT2D eigenvalue weighted by molar-refractivity contribution is 0.102. The molecule has 118 valence electrons. The van der Waals surface area contributed by atoms with Crippen LogP contribution in [-0.2, 0) is 6.42 Å². The molecule has 0 aliphatic heterocycles. The third-order valence-corrected chi connectivity index (χ3v) is 4.16. The number of fused-ring (bicyclic) bond motifs is 1. The number of hydrogen-bond acceptors (Lipinski definition) is 1. The maximum atomic E-state index is 12.5. The van der Waals surface area contributed by atoms with E-state index >= 15 is 0 Å². The van der Waals surface area contributed by atoms with Crippen LogP contribution < -0.4 is 5.32 Å². The minimum absolute atomic E-state index is 0.0762. The van der Waals surface area contributed by atoms with Crippen molar-refractivity contribution in [1.29, 1.82) is 0 Å². The van der Waals surface area contributed by atoms with E-state index in [0.29, 0.717) is 11.6 Å². The van der Waals surface area contributed by atoms with Crippen LogP contribution in [0.2, 0.25) is 0 Å². The number of anilines is 1. The van der Waals surface area contributed by atoms with Crippen LogP contribution in [0.15, 0.2) is 54.7 Å². The van der Waals surface area contributed by atoms with Crippen molar-refractivity contribution in [3.8, 4) is 0 Å². The first-order chi connectivity index (χ1) is 11.1. The zero-order chi connectivity index (χ0) is 16.4. The lowest BCUT2D eigenvalue weighted by Gasteiger charge is -2.11. The molecule has 0 unspecified atom stereocenters. The van der Waals surface area contributed by atoms with Crippen LogP contribution in [0.5, 0.6) is 0 Å². The van der Waals surface area contributed by atoms with Gasteiger partial charge in [-0.15, -0.1) is 0 Å². The molecule has 0 bridgehead atoms. The minimum atomic E-state index is -0.0762. The van der Waals surface area contributed by atoms with E-state index < -0.39 is 0 Å². The number of hydrogen-bond donors (Lipinski definition) is 1. The van der Waals surface area contributed by atoms with Gasteiger partial charge in [0, 0.05) is 29.0 Å². The van der Waals surface area contributed by atoms with Crippen LogP contribution in [0, 0.1) is 0 Å². The van der Waals surface area contributed by atoms with Gasteiger partial charge in [0.15, 0.2) is 0 Å². The highest BCUT2D eigenvalue weighted by Gasteiger charge is 2.10. The van der Waals surface area contributed by atoms with Gasteiger partial charge in [-0.05, 0) is 61.5 Å². The third kappa shape index (κ3) is 3.14. The van der Waals surface area contributed by atoms with Crippen molar-refractivity contribution in [1.82, 2.24) is 4.57 Å². The average Bonchev–Trinajstić information content (AvgIpc) is 2.98. The third-order valence-electron chi connectivity index (χ3n) is 4.16. The summed E-state index contributed by atoms with van der Waals surface area (Å²) >= 11 is 0. The summed E-state index contributed by atoms with van der Waals surface area (Å²) in [4.78, 5) is 12.5. The molecule has 1 N–H and O–H groups in total. The standard InChI is InChI=1S/C20H22N2O/c1-4-15-5-9-18(10-6-15)21-20(23)17-8-7-16-11-12-22(14(2)3)19(16)13-17/h5-14H,4H2,1-3H3,(H,21,23). The van der Waals surface area contributed by atoms with E-state index in [9.17, 15) is 4.79 Å². The fourth-order valence-electron chi connectivity index (χ4n) is 2.77. The number of amides is 1. The molecule has 2 aromatic carbocycles. The quantitative estimate of drug-likeness (QED) is 0.720. The summed E-state index contributed by atoms with van der Waals surface area (Å²) in [5.41, 5.74) is 3.86. The number of aryl methyl sites for hydroxylation is 1. The van der Waals surface area contributed by atoms with Crippen molar-refractivity contribution in [2.24, 2.45) is 0 Å². The first-order valence-corrected chi connectivity index (χ1v) is 8.09. The van der Waals surface area contributed by atoms with Crippen molar-refractivity contribution in [2.45, 2.75) is 33.2 Å². The monoisotopic (exact) mass is 306 g/mol. The van der Waals surface area contributed by atoms with E-state index in [1.54, 1.807) is 0 Å². The first-order valence-electron chi connectivity index (χ1n) is 8.09. The van der Waals surface area contributed by atoms with Crippen molar-refractivity contribution in [2.75, 3.05) is 5.32 Å². The molecule has 3 aromatic rings. The minimum Gasteiger partial charge on any atom is -0.345 e. The molecule has 3 nitrogen and oxygen atoms in total. The van der Waals surface area contributed by atoms with Gasteiger partial charge in [-0.25, -0.2) is 0 Å². The Kier molecular flexibility index (Phi) is 4.20. The highest BCUT2D eigenvalue weighted by atomic mass is 16.1. The number of nitrogens with zero attached hydrogens (tertiary/aromatic N) is 1. The van der Waals surface area contributed by atoms with Gasteiger partial charge in [-0.2, -0.15) is 0 Å². The van der Waals surface area contributed by atoms with Gasteiger partial charge >= 0.3 is 0 Å². The number of carbonyl (C=O) groups excluding carboxylic acids is 1. The Hall–Kier alpha value is -2.55. The van der Waals surface area contributed by atoms with Crippen LogP contribution in [0.25, 0.3) is 10.9 Å². The number of benzene rings is 2. The summed E-state index contributed by atoms with van der Waals surface area (Å²) in [6.45, 7) is 6.40. The molecule has 0 aliphatic carbocycles. The molecule has 1 aromatic heterocycles. The van der Waals surface area contributed by atoms with Crippen molar-refractivity contribution < 1.29 is 4.79 Å². The van der Waals surface area contributed by atoms with Gasteiger partial charge in [-0.3, -0.25) is 4.79 Å². The molecule has 0 saturated carbocycles. The molecule has 0 atom stereocenters. The van der Waals surface area contributed by atoms with E-state index in [1.165, 1.54) is 5.56 Å². The second kappa shape index (κ2) is 6.29. The molecule has 0 spiro atoms. The van der Waals surface area contributed by atoms with Crippen LogP contribution in [0.4, 0.5) is 5.69 Å². The summed E-state index contributed by atoms with van der Waals surface area (Å²) < 4.78 is 2.18. The van der Waals surface area contributed by atoms with E-state index in [0.717, 1.165) is 23.0 Å². The SMILES string of the molecule is CCc1ccc(NC(=O)c2ccc3ccn(C(C)C)c3c2)cc1. The Morgan fingerprint density at radius 1 is 1.09 bits per heavy atom. The van der Waals surface area contributed by atoms with Gasteiger partial charge in [0.05, 0.1) is 0 Å². The molecule has 1 heterocycles. The van der Waals surface area contributed by atoms with Gasteiger partial charge in [-0.1, -0.05) is 25.1 Å². The zero-order valence-corrected chi connectivity index (χ0v) is 13.8. The Bertz CT molecular complexity index is 828. The number of aromatic nitrogens is 1. The number of rotatable bonds is 4. The normalized spacial score (nSPS) is 11.1. The van der Waals surface area contributed by atoms with Crippen molar-refractivity contribution >= 4 is 22.5 Å². The molecule has 0 radical (unpaired) electrons. The molecule has 0 fully saturated rings.